The molecule has 0 saturated carbocycles. The first-order chi connectivity index (χ1) is 7.75. The highest BCUT2D eigenvalue weighted by Crippen LogP contribution is 2.19. The molecule has 0 aliphatic rings. The SMILES string of the molecule is O=C([O-])CCc1ncc(-c2ccccc2)o1. The van der Waals surface area contributed by atoms with Crippen molar-refractivity contribution in [3.05, 3.63) is 42.4 Å². The lowest BCUT2D eigenvalue weighted by Crippen LogP contribution is -2.22. The quantitative estimate of drug-likeness (QED) is 0.765. The van der Waals surface area contributed by atoms with Crippen molar-refractivity contribution in [2.75, 3.05) is 0 Å². The Balaban J connectivity index is 2.11. The molecular formula is C12H10NO3-. The van der Waals surface area contributed by atoms with E-state index >= 15 is 0 Å². The zero-order valence-corrected chi connectivity index (χ0v) is 8.55. The number of benzene rings is 1. The van der Waals surface area contributed by atoms with Crippen molar-refractivity contribution in [3.8, 4) is 11.3 Å². The normalized spacial score (nSPS) is 10.2. The molecule has 0 bridgehead atoms. The van der Waals surface area contributed by atoms with Gasteiger partial charge in [0.15, 0.2) is 11.7 Å². The number of nitrogens with zero attached hydrogens (tertiary/aromatic N) is 1. The second-order valence-electron chi connectivity index (χ2n) is 3.36. The largest absolute Gasteiger partial charge is 0.550 e. The number of carbonyl (C=O) groups excluding carboxylic acids is 1. The predicted octanol–water partition coefficient (Wildman–Crippen LogP) is 1.02. The van der Waals surface area contributed by atoms with Crippen molar-refractivity contribution in [2.45, 2.75) is 12.8 Å². The summed E-state index contributed by atoms with van der Waals surface area (Å²) in [6, 6.07) is 9.53. The van der Waals surface area contributed by atoms with Crippen LogP contribution in [0.3, 0.4) is 0 Å². The Morgan fingerprint density at radius 2 is 2.06 bits per heavy atom. The summed E-state index contributed by atoms with van der Waals surface area (Å²) in [5.41, 5.74) is 0.926. The Kier molecular flexibility index (Phi) is 3.00. The van der Waals surface area contributed by atoms with Gasteiger partial charge in [0.05, 0.1) is 6.20 Å². The first-order valence-corrected chi connectivity index (χ1v) is 4.95. The third kappa shape index (κ3) is 2.48. The second kappa shape index (κ2) is 4.61. The smallest absolute Gasteiger partial charge is 0.195 e. The molecule has 0 atom stereocenters. The fourth-order valence-electron chi connectivity index (χ4n) is 1.37. The molecule has 2 rings (SSSR count). The molecule has 1 heterocycles. The fourth-order valence-corrected chi connectivity index (χ4v) is 1.37. The summed E-state index contributed by atoms with van der Waals surface area (Å²) < 4.78 is 5.42. The van der Waals surface area contributed by atoms with Gasteiger partial charge in [0.25, 0.3) is 0 Å². The maximum absolute atomic E-state index is 10.3. The number of hydrogen-bond acceptors (Lipinski definition) is 4. The van der Waals surface area contributed by atoms with Crippen molar-refractivity contribution in [1.82, 2.24) is 4.98 Å². The highest BCUT2D eigenvalue weighted by atomic mass is 16.4. The monoisotopic (exact) mass is 216 g/mol. The highest BCUT2D eigenvalue weighted by molar-refractivity contribution is 5.64. The number of carboxylic acid groups (broad SMARTS) is 1. The molecule has 0 fully saturated rings. The van der Waals surface area contributed by atoms with E-state index in [1.807, 2.05) is 30.3 Å². The van der Waals surface area contributed by atoms with Gasteiger partial charge in [-0.2, -0.15) is 0 Å². The van der Waals surface area contributed by atoms with E-state index in [1.165, 1.54) is 0 Å². The molecule has 0 amide bonds. The van der Waals surface area contributed by atoms with Crippen molar-refractivity contribution in [3.63, 3.8) is 0 Å². The Hall–Kier alpha value is -2.10. The number of aromatic nitrogens is 1. The third-order valence-corrected chi connectivity index (χ3v) is 2.15. The molecule has 1 aromatic heterocycles. The molecule has 0 radical (unpaired) electrons. The van der Waals surface area contributed by atoms with Gasteiger partial charge < -0.3 is 14.3 Å². The van der Waals surface area contributed by atoms with Crippen LogP contribution in [0, 0.1) is 0 Å². The van der Waals surface area contributed by atoms with Gasteiger partial charge in [-0.3, -0.25) is 0 Å². The zero-order chi connectivity index (χ0) is 11.4. The molecule has 16 heavy (non-hydrogen) atoms. The van der Waals surface area contributed by atoms with Crippen molar-refractivity contribution in [1.29, 1.82) is 0 Å². The first kappa shape index (κ1) is 10.4. The van der Waals surface area contributed by atoms with Crippen LogP contribution in [0.2, 0.25) is 0 Å². The molecule has 0 saturated heterocycles. The van der Waals surface area contributed by atoms with Crippen LogP contribution in [-0.2, 0) is 11.2 Å². The Morgan fingerprint density at radius 1 is 1.31 bits per heavy atom. The molecule has 0 N–H and O–H groups in total. The number of carbonyl (C=O) groups is 1. The molecular weight excluding hydrogens is 206 g/mol. The highest BCUT2D eigenvalue weighted by Gasteiger charge is 2.05. The molecule has 1 aromatic carbocycles. The number of aliphatic carboxylic acids is 1. The summed E-state index contributed by atoms with van der Waals surface area (Å²) in [5, 5.41) is 10.3. The topological polar surface area (TPSA) is 66.2 Å². The van der Waals surface area contributed by atoms with E-state index < -0.39 is 5.97 Å². The van der Waals surface area contributed by atoms with Crippen LogP contribution < -0.4 is 5.11 Å². The second-order valence-corrected chi connectivity index (χ2v) is 3.36. The Morgan fingerprint density at radius 3 is 2.75 bits per heavy atom. The molecule has 0 unspecified atom stereocenters. The number of aryl methyl sites for hydroxylation is 1. The number of carboxylic acids is 1. The standard InChI is InChI=1S/C12H11NO3/c14-12(15)7-6-11-13-8-10(16-11)9-4-2-1-3-5-9/h1-5,8H,6-7H2,(H,14,15)/p-1. The number of hydrogen-bond donors (Lipinski definition) is 0. The maximum atomic E-state index is 10.3. The van der Waals surface area contributed by atoms with E-state index in [9.17, 15) is 9.90 Å². The minimum atomic E-state index is -1.10. The summed E-state index contributed by atoms with van der Waals surface area (Å²) in [7, 11) is 0. The summed E-state index contributed by atoms with van der Waals surface area (Å²) in [6.07, 6.45) is 1.78. The summed E-state index contributed by atoms with van der Waals surface area (Å²) in [5.74, 6) is -0.0311. The van der Waals surface area contributed by atoms with Gasteiger partial charge in [-0.25, -0.2) is 4.98 Å². The predicted molar refractivity (Wildman–Crippen MR) is 55.3 cm³/mol. The molecule has 0 aliphatic heterocycles. The molecule has 4 nitrogen and oxygen atoms in total. The van der Waals surface area contributed by atoms with E-state index in [-0.39, 0.29) is 12.8 Å². The Bertz CT molecular complexity index is 476. The third-order valence-electron chi connectivity index (χ3n) is 2.15. The van der Waals surface area contributed by atoms with E-state index in [0.717, 1.165) is 5.56 Å². The van der Waals surface area contributed by atoms with Crippen molar-refractivity contribution in [2.24, 2.45) is 0 Å². The van der Waals surface area contributed by atoms with E-state index in [0.29, 0.717) is 11.7 Å². The van der Waals surface area contributed by atoms with Gasteiger partial charge in [0, 0.05) is 18.0 Å². The van der Waals surface area contributed by atoms with E-state index in [2.05, 4.69) is 4.98 Å². The summed E-state index contributed by atoms with van der Waals surface area (Å²) in [4.78, 5) is 14.3. The average molecular weight is 216 g/mol. The minimum Gasteiger partial charge on any atom is -0.550 e. The maximum Gasteiger partial charge on any atom is 0.195 e. The molecule has 0 spiro atoms. The lowest BCUT2D eigenvalue weighted by Gasteiger charge is -1.97. The van der Waals surface area contributed by atoms with Gasteiger partial charge in [-0.05, 0) is 6.42 Å². The van der Waals surface area contributed by atoms with Crippen LogP contribution in [0.5, 0.6) is 0 Å². The van der Waals surface area contributed by atoms with Crippen LogP contribution in [0.1, 0.15) is 12.3 Å². The van der Waals surface area contributed by atoms with Crippen LogP contribution >= 0.6 is 0 Å². The lowest BCUT2D eigenvalue weighted by molar-refractivity contribution is -0.305. The molecule has 82 valence electrons. The van der Waals surface area contributed by atoms with Gasteiger partial charge in [-0.1, -0.05) is 30.3 Å². The van der Waals surface area contributed by atoms with Crippen molar-refractivity contribution < 1.29 is 14.3 Å². The van der Waals surface area contributed by atoms with Crippen LogP contribution in [0.25, 0.3) is 11.3 Å². The summed E-state index contributed by atoms with van der Waals surface area (Å²) >= 11 is 0. The molecule has 0 aliphatic carbocycles. The molecule has 4 heteroatoms. The van der Waals surface area contributed by atoms with Crippen LogP contribution in [0.15, 0.2) is 40.9 Å². The average Bonchev–Trinajstić information content (AvgIpc) is 2.76. The zero-order valence-electron chi connectivity index (χ0n) is 8.55. The van der Waals surface area contributed by atoms with Gasteiger partial charge in [0.1, 0.15) is 0 Å². The van der Waals surface area contributed by atoms with Crippen molar-refractivity contribution >= 4 is 5.97 Å². The number of oxazole rings is 1. The fraction of sp³-hybridized carbons (Fsp3) is 0.167. The van der Waals surface area contributed by atoms with Gasteiger partial charge in [-0.15, -0.1) is 0 Å². The van der Waals surface area contributed by atoms with Crippen LogP contribution in [-0.4, -0.2) is 11.0 Å². The van der Waals surface area contributed by atoms with E-state index in [1.54, 1.807) is 6.20 Å². The molecule has 2 aromatic rings. The lowest BCUT2D eigenvalue weighted by atomic mass is 10.2. The summed E-state index contributed by atoms with van der Waals surface area (Å²) in [6.45, 7) is 0. The minimum absolute atomic E-state index is 0.0747. The van der Waals surface area contributed by atoms with Gasteiger partial charge >= 0.3 is 0 Å². The number of rotatable bonds is 4. The van der Waals surface area contributed by atoms with Gasteiger partial charge in [0.2, 0.25) is 0 Å². The Labute approximate surface area is 92.6 Å². The van der Waals surface area contributed by atoms with E-state index in [4.69, 9.17) is 4.42 Å². The first-order valence-electron chi connectivity index (χ1n) is 4.95. The van der Waals surface area contributed by atoms with Crippen LogP contribution in [0.4, 0.5) is 0 Å².